The number of rotatable bonds is 4. The predicted octanol–water partition coefficient (Wildman–Crippen LogP) is 2.87. The first kappa shape index (κ1) is 15.2. The lowest BCUT2D eigenvalue weighted by Gasteiger charge is -2.32. The Morgan fingerprint density at radius 2 is 2.41 bits per heavy atom. The van der Waals surface area contributed by atoms with Gasteiger partial charge in [-0.25, -0.2) is 4.98 Å². The molecule has 22 heavy (non-hydrogen) atoms. The summed E-state index contributed by atoms with van der Waals surface area (Å²) in [5.41, 5.74) is 2.17. The third-order valence-corrected chi connectivity index (χ3v) is 4.94. The van der Waals surface area contributed by atoms with Crippen LogP contribution in [0.5, 0.6) is 0 Å². The van der Waals surface area contributed by atoms with Crippen molar-refractivity contribution in [2.24, 2.45) is 5.92 Å². The summed E-state index contributed by atoms with van der Waals surface area (Å²) in [4.78, 5) is 23.0. The molecule has 0 saturated carbocycles. The Kier molecular flexibility index (Phi) is 4.83. The van der Waals surface area contributed by atoms with Crippen LogP contribution in [-0.2, 0) is 17.6 Å². The van der Waals surface area contributed by atoms with Crippen LogP contribution < -0.4 is 0 Å². The largest absolute Gasteiger partial charge is 0.342 e. The van der Waals surface area contributed by atoms with Gasteiger partial charge in [0, 0.05) is 30.9 Å². The molecule has 2 aromatic heterocycles. The Labute approximate surface area is 135 Å². The van der Waals surface area contributed by atoms with Gasteiger partial charge in [-0.15, -0.1) is 11.3 Å². The third kappa shape index (κ3) is 3.91. The van der Waals surface area contributed by atoms with Gasteiger partial charge in [-0.3, -0.25) is 9.78 Å². The molecule has 1 aliphatic heterocycles. The number of piperidine rings is 1. The van der Waals surface area contributed by atoms with Gasteiger partial charge in [0.25, 0.3) is 0 Å². The highest BCUT2D eigenvalue weighted by atomic mass is 32.1. The maximum Gasteiger partial charge on any atom is 0.228 e. The normalized spacial score (nSPS) is 18.4. The van der Waals surface area contributed by atoms with Gasteiger partial charge in [0.2, 0.25) is 5.91 Å². The molecular formula is C17H21N3OS. The number of hydrogen-bond acceptors (Lipinski definition) is 4. The van der Waals surface area contributed by atoms with Crippen molar-refractivity contribution in [2.75, 3.05) is 13.1 Å². The van der Waals surface area contributed by atoms with E-state index in [-0.39, 0.29) is 5.91 Å². The molecule has 0 unspecified atom stereocenters. The van der Waals surface area contributed by atoms with Crippen molar-refractivity contribution in [1.82, 2.24) is 14.9 Å². The van der Waals surface area contributed by atoms with Crippen molar-refractivity contribution in [3.8, 4) is 0 Å². The van der Waals surface area contributed by atoms with Crippen molar-refractivity contribution in [3.05, 3.63) is 46.2 Å². The van der Waals surface area contributed by atoms with Crippen LogP contribution in [0.4, 0.5) is 0 Å². The van der Waals surface area contributed by atoms with Crippen molar-refractivity contribution in [3.63, 3.8) is 0 Å². The van der Waals surface area contributed by atoms with E-state index in [9.17, 15) is 4.79 Å². The fourth-order valence-electron chi connectivity index (χ4n) is 3.07. The van der Waals surface area contributed by atoms with Gasteiger partial charge in [-0.05, 0) is 43.7 Å². The minimum absolute atomic E-state index is 0.209. The molecule has 0 spiro atoms. The van der Waals surface area contributed by atoms with E-state index < -0.39 is 0 Å². The van der Waals surface area contributed by atoms with Crippen LogP contribution in [0.25, 0.3) is 0 Å². The lowest BCUT2D eigenvalue weighted by Crippen LogP contribution is -2.41. The fraction of sp³-hybridized carbons (Fsp3) is 0.471. The van der Waals surface area contributed by atoms with Crippen LogP contribution in [0.1, 0.15) is 29.1 Å². The maximum atomic E-state index is 12.5. The molecule has 3 rings (SSSR count). The topological polar surface area (TPSA) is 46.1 Å². The van der Waals surface area contributed by atoms with Crippen LogP contribution in [-0.4, -0.2) is 33.9 Å². The number of carbonyl (C=O) groups excluding carboxylic acids is 1. The summed E-state index contributed by atoms with van der Waals surface area (Å²) in [7, 11) is 0. The average molecular weight is 315 g/mol. The summed E-state index contributed by atoms with van der Waals surface area (Å²) in [6.45, 7) is 3.71. The Morgan fingerprint density at radius 1 is 1.50 bits per heavy atom. The monoisotopic (exact) mass is 315 g/mol. The molecule has 0 radical (unpaired) electrons. The predicted molar refractivity (Wildman–Crippen MR) is 87.8 cm³/mol. The Hall–Kier alpha value is -1.75. The van der Waals surface area contributed by atoms with Gasteiger partial charge < -0.3 is 4.90 Å². The molecule has 1 aliphatic rings. The van der Waals surface area contributed by atoms with Crippen LogP contribution in [0.15, 0.2) is 29.9 Å². The second kappa shape index (κ2) is 7.01. The molecule has 0 aromatic carbocycles. The zero-order chi connectivity index (χ0) is 15.4. The molecule has 1 amide bonds. The molecule has 1 fully saturated rings. The highest BCUT2D eigenvalue weighted by Crippen LogP contribution is 2.21. The molecule has 1 atom stereocenters. The van der Waals surface area contributed by atoms with E-state index in [4.69, 9.17) is 0 Å². The van der Waals surface area contributed by atoms with E-state index in [0.717, 1.165) is 36.6 Å². The van der Waals surface area contributed by atoms with E-state index in [2.05, 4.69) is 16.0 Å². The Balaban J connectivity index is 1.57. The molecule has 116 valence electrons. The average Bonchev–Trinajstić information content (AvgIpc) is 2.93. The standard InChI is InChI=1S/C17H21N3OS/c1-13-19-16(12-22-13)9-17(21)20-7-3-5-15(11-20)8-14-4-2-6-18-10-14/h2,4,6,10,12,15H,3,5,7-9,11H2,1H3/t15-/m1/s1. The number of thiazole rings is 1. The molecule has 4 nitrogen and oxygen atoms in total. The number of aromatic nitrogens is 2. The summed E-state index contributed by atoms with van der Waals surface area (Å²) < 4.78 is 0. The van der Waals surface area contributed by atoms with Gasteiger partial charge in [-0.1, -0.05) is 6.07 Å². The number of pyridine rings is 1. The first-order valence-electron chi connectivity index (χ1n) is 7.78. The van der Waals surface area contributed by atoms with Crippen molar-refractivity contribution >= 4 is 17.2 Å². The molecule has 1 saturated heterocycles. The second-order valence-corrected chi connectivity index (χ2v) is 7.01. The molecular weight excluding hydrogens is 294 g/mol. The Bertz CT molecular complexity index is 626. The highest BCUT2D eigenvalue weighted by molar-refractivity contribution is 7.09. The SMILES string of the molecule is Cc1nc(CC(=O)N2CCC[C@H](Cc3cccnc3)C2)cs1. The van der Waals surface area contributed by atoms with E-state index in [1.54, 1.807) is 17.5 Å². The quantitative estimate of drug-likeness (QED) is 0.871. The zero-order valence-electron chi connectivity index (χ0n) is 12.9. The van der Waals surface area contributed by atoms with Gasteiger partial charge in [0.1, 0.15) is 0 Å². The number of hydrogen-bond donors (Lipinski definition) is 0. The van der Waals surface area contributed by atoms with Crippen LogP contribution in [0.2, 0.25) is 0 Å². The lowest BCUT2D eigenvalue weighted by molar-refractivity contribution is -0.132. The Morgan fingerprint density at radius 3 is 3.14 bits per heavy atom. The zero-order valence-corrected chi connectivity index (χ0v) is 13.7. The highest BCUT2D eigenvalue weighted by Gasteiger charge is 2.24. The summed E-state index contributed by atoms with van der Waals surface area (Å²) in [5, 5.41) is 3.01. The van der Waals surface area contributed by atoms with Crippen molar-refractivity contribution in [1.29, 1.82) is 0 Å². The van der Waals surface area contributed by atoms with E-state index in [1.165, 1.54) is 12.0 Å². The molecule has 5 heteroatoms. The number of aryl methyl sites for hydroxylation is 1. The number of carbonyl (C=O) groups is 1. The van der Waals surface area contributed by atoms with Crippen molar-refractivity contribution < 1.29 is 4.79 Å². The van der Waals surface area contributed by atoms with Gasteiger partial charge >= 0.3 is 0 Å². The maximum absolute atomic E-state index is 12.5. The molecule has 0 bridgehead atoms. The van der Waals surface area contributed by atoms with Crippen LogP contribution in [0, 0.1) is 12.8 Å². The molecule has 0 aliphatic carbocycles. The van der Waals surface area contributed by atoms with Crippen LogP contribution >= 0.6 is 11.3 Å². The van der Waals surface area contributed by atoms with Crippen molar-refractivity contribution in [2.45, 2.75) is 32.6 Å². The second-order valence-electron chi connectivity index (χ2n) is 5.95. The minimum Gasteiger partial charge on any atom is -0.342 e. The first-order valence-corrected chi connectivity index (χ1v) is 8.66. The third-order valence-electron chi connectivity index (χ3n) is 4.12. The summed E-state index contributed by atoms with van der Waals surface area (Å²) in [6, 6.07) is 4.09. The van der Waals surface area contributed by atoms with Gasteiger partial charge in [0.15, 0.2) is 0 Å². The summed E-state index contributed by atoms with van der Waals surface area (Å²) in [5.74, 6) is 0.750. The number of nitrogens with zero attached hydrogens (tertiary/aromatic N) is 3. The molecule has 3 heterocycles. The van der Waals surface area contributed by atoms with E-state index in [0.29, 0.717) is 12.3 Å². The summed E-state index contributed by atoms with van der Waals surface area (Å²) in [6.07, 6.45) is 7.45. The van der Waals surface area contributed by atoms with E-state index in [1.807, 2.05) is 29.5 Å². The number of amides is 1. The van der Waals surface area contributed by atoms with Gasteiger partial charge in [0.05, 0.1) is 17.1 Å². The molecule has 2 aromatic rings. The van der Waals surface area contributed by atoms with Gasteiger partial charge in [-0.2, -0.15) is 0 Å². The first-order chi connectivity index (χ1) is 10.7. The number of likely N-dealkylation sites (tertiary alicyclic amines) is 1. The minimum atomic E-state index is 0.209. The fourth-order valence-corrected chi connectivity index (χ4v) is 3.68. The molecule has 0 N–H and O–H groups in total. The van der Waals surface area contributed by atoms with E-state index >= 15 is 0 Å². The lowest BCUT2D eigenvalue weighted by atomic mass is 9.91. The summed E-state index contributed by atoms with van der Waals surface area (Å²) >= 11 is 1.61. The van der Waals surface area contributed by atoms with Crippen LogP contribution in [0.3, 0.4) is 0 Å². The smallest absolute Gasteiger partial charge is 0.228 e.